The predicted octanol–water partition coefficient (Wildman–Crippen LogP) is 2.08. The molecule has 2 saturated carbocycles. The van der Waals surface area contributed by atoms with E-state index >= 15 is 0 Å². The van der Waals surface area contributed by atoms with Crippen LogP contribution >= 0.6 is 30.3 Å². The summed E-state index contributed by atoms with van der Waals surface area (Å²) in [6.45, 7) is 3.80. The second-order valence-electron chi connectivity index (χ2n) is 12.4. The van der Waals surface area contributed by atoms with Crippen molar-refractivity contribution in [2.45, 2.75) is 120 Å². The van der Waals surface area contributed by atoms with Gasteiger partial charge in [-0.3, -0.25) is 18.7 Å². The zero-order valence-corrected chi connectivity index (χ0v) is 29.8. The second-order valence-corrected chi connectivity index (χ2v) is 15.3. The van der Waals surface area contributed by atoms with Gasteiger partial charge in [-0.1, -0.05) is 0 Å². The molecule has 0 unspecified atom stereocenters. The minimum Gasteiger partial charge on any atom is -0.479 e. The van der Waals surface area contributed by atoms with Crippen LogP contribution in [0.15, 0.2) is 0 Å². The summed E-state index contributed by atoms with van der Waals surface area (Å²) in [5.41, 5.74) is 4.41. The number of nitrogens with one attached hydrogen (secondary N) is 2. The van der Waals surface area contributed by atoms with E-state index in [9.17, 15) is 24.4 Å². The van der Waals surface area contributed by atoms with Gasteiger partial charge in [-0.05, 0) is 72.1 Å². The number of nitrogens with zero attached hydrogens (tertiary/aromatic N) is 4. The zero-order valence-electron chi connectivity index (χ0n) is 26.8. The number of aliphatic hydroxyl groups excluding tert-OH is 1. The van der Waals surface area contributed by atoms with Gasteiger partial charge in [0.15, 0.2) is 21.2 Å². The SMILES string of the molecule is COc1nc(N)nc2c1nc(I)n2[C@@H]1O[C@H](COP(=O)(N[C@@H](C)C(=O)OC2CCCC2)N[C@@H](C)C(=O)OC2CCCC2)[C@@H](O)[C@@]1(C)O. The molecule has 2 aromatic heterocycles. The summed E-state index contributed by atoms with van der Waals surface area (Å²) in [6, 6.07) is -2.17. The number of methoxy groups -OCH3 is 1. The maximum absolute atomic E-state index is 14.3. The number of rotatable bonds is 13. The molecule has 0 amide bonds. The quantitative estimate of drug-likeness (QED) is 0.0846. The topological polar surface area (TPSA) is 231 Å². The molecule has 3 aliphatic rings. The van der Waals surface area contributed by atoms with Crippen LogP contribution in [0.2, 0.25) is 0 Å². The summed E-state index contributed by atoms with van der Waals surface area (Å²) in [6.07, 6.45) is 2.38. The second kappa shape index (κ2) is 14.7. The van der Waals surface area contributed by atoms with E-state index in [1.807, 2.05) is 22.6 Å². The molecule has 6 N–H and O–H groups in total. The number of carbonyl (C=O) groups excluding carboxylic acids is 2. The molecular formula is C28H43IN7O10P. The third-order valence-corrected chi connectivity index (χ3v) is 11.4. The standard InChI is InChI=1S/C28H43IN7O10P/c1-14(23(38)44-16-9-5-6-10-16)34-47(41,35-15(2)24(39)45-17-11-7-8-12-17)43-13-18-20(37)28(3,40)25(46-18)36-21-19(31-26(36)29)22(42-4)33-27(30)32-21/h14-18,20,25,37,40H,5-13H2,1-4H3,(H2,30,32,33)(H2,34,35,41)/t14-,15-,18+,20+,25+,28+/m0/s1. The minimum absolute atomic E-state index is 0.107. The van der Waals surface area contributed by atoms with Crippen molar-refractivity contribution >= 4 is 59.3 Å². The molecule has 17 nitrogen and oxygen atoms in total. The number of esters is 2. The third kappa shape index (κ3) is 8.01. The number of ether oxygens (including phenoxy) is 4. The van der Waals surface area contributed by atoms with Crippen molar-refractivity contribution in [1.82, 2.24) is 29.7 Å². The van der Waals surface area contributed by atoms with Crippen molar-refractivity contribution in [3.05, 3.63) is 3.83 Å². The molecule has 5 rings (SSSR count). The van der Waals surface area contributed by atoms with Gasteiger partial charge in [-0.2, -0.15) is 9.97 Å². The average Bonchev–Trinajstić information content (AvgIpc) is 3.81. The molecular weight excluding hydrogens is 752 g/mol. The van der Waals surface area contributed by atoms with Crippen LogP contribution in [0.5, 0.6) is 5.88 Å². The third-order valence-electron chi connectivity index (χ3n) is 8.69. The van der Waals surface area contributed by atoms with E-state index in [2.05, 4.69) is 25.1 Å². The summed E-state index contributed by atoms with van der Waals surface area (Å²) in [5.74, 6) is -1.24. The Morgan fingerprint density at radius 1 is 1.06 bits per heavy atom. The van der Waals surface area contributed by atoms with Crippen LogP contribution in [0.3, 0.4) is 0 Å². The van der Waals surface area contributed by atoms with Crippen molar-refractivity contribution < 1.29 is 47.8 Å². The summed E-state index contributed by atoms with van der Waals surface area (Å²) < 4.78 is 44.4. The molecule has 1 saturated heterocycles. The molecule has 262 valence electrons. The van der Waals surface area contributed by atoms with Gasteiger partial charge in [-0.25, -0.2) is 15.2 Å². The Bertz CT molecular complexity index is 1460. The maximum Gasteiger partial charge on any atom is 0.342 e. The van der Waals surface area contributed by atoms with Gasteiger partial charge in [0.25, 0.3) is 0 Å². The monoisotopic (exact) mass is 795 g/mol. The van der Waals surface area contributed by atoms with E-state index in [1.54, 1.807) is 0 Å². The zero-order chi connectivity index (χ0) is 34.1. The van der Waals surface area contributed by atoms with Crippen molar-refractivity contribution in [3.63, 3.8) is 0 Å². The molecule has 19 heteroatoms. The molecule has 1 aliphatic heterocycles. The average molecular weight is 796 g/mol. The number of hydrogen-bond acceptors (Lipinski definition) is 14. The Morgan fingerprint density at radius 2 is 1.60 bits per heavy atom. The highest BCUT2D eigenvalue weighted by atomic mass is 127. The molecule has 2 aliphatic carbocycles. The molecule has 0 radical (unpaired) electrons. The van der Waals surface area contributed by atoms with E-state index in [0.29, 0.717) is 3.83 Å². The number of hydrogen-bond donors (Lipinski definition) is 5. The van der Waals surface area contributed by atoms with Gasteiger partial charge in [-0.15, -0.1) is 0 Å². The van der Waals surface area contributed by atoms with Crippen LogP contribution in [0, 0.1) is 3.83 Å². The smallest absolute Gasteiger partial charge is 0.342 e. The van der Waals surface area contributed by atoms with Gasteiger partial charge in [0.05, 0.1) is 13.7 Å². The first-order valence-electron chi connectivity index (χ1n) is 15.7. The molecule has 0 aromatic carbocycles. The van der Waals surface area contributed by atoms with E-state index in [1.165, 1.54) is 32.4 Å². The van der Waals surface area contributed by atoms with Crippen LogP contribution in [-0.2, 0) is 32.9 Å². The number of halogens is 1. The number of nitrogens with two attached hydrogens (primary N) is 1. The lowest BCUT2D eigenvalue weighted by atomic mass is 9.96. The fraction of sp³-hybridized carbons (Fsp3) is 0.750. The Hall–Kier alpha value is -2.19. The van der Waals surface area contributed by atoms with E-state index < -0.39 is 62.3 Å². The summed E-state index contributed by atoms with van der Waals surface area (Å²) >= 11 is 1.92. The molecule has 0 spiro atoms. The van der Waals surface area contributed by atoms with Gasteiger partial charge < -0.3 is 39.4 Å². The highest BCUT2D eigenvalue weighted by Crippen LogP contribution is 2.45. The Balaban J connectivity index is 1.34. The van der Waals surface area contributed by atoms with Crippen LogP contribution in [0.1, 0.15) is 78.4 Å². The van der Waals surface area contributed by atoms with Crippen molar-refractivity contribution in [1.29, 1.82) is 0 Å². The fourth-order valence-corrected chi connectivity index (χ4v) is 8.63. The number of anilines is 1. The Morgan fingerprint density at radius 3 is 2.11 bits per heavy atom. The van der Waals surface area contributed by atoms with Crippen molar-refractivity contribution in [3.8, 4) is 5.88 Å². The Kier molecular flexibility index (Phi) is 11.3. The van der Waals surface area contributed by atoms with Crippen molar-refractivity contribution in [2.75, 3.05) is 19.5 Å². The van der Waals surface area contributed by atoms with Crippen LogP contribution in [0.25, 0.3) is 11.2 Å². The van der Waals surface area contributed by atoms with Crippen LogP contribution < -0.4 is 20.6 Å². The van der Waals surface area contributed by atoms with Gasteiger partial charge >= 0.3 is 19.6 Å². The lowest BCUT2D eigenvalue weighted by Crippen LogP contribution is -2.46. The first-order chi connectivity index (χ1) is 22.2. The van der Waals surface area contributed by atoms with Crippen LogP contribution in [-0.4, -0.2) is 97.5 Å². The lowest BCUT2D eigenvalue weighted by Gasteiger charge is -2.28. The molecule has 2 aromatic rings. The Labute approximate surface area is 285 Å². The molecule has 0 bridgehead atoms. The predicted molar refractivity (Wildman–Crippen MR) is 175 cm³/mol. The largest absolute Gasteiger partial charge is 0.479 e. The van der Waals surface area contributed by atoms with E-state index in [4.69, 9.17) is 29.2 Å². The van der Waals surface area contributed by atoms with Gasteiger partial charge in [0.1, 0.15) is 42.1 Å². The van der Waals surface area contributed by atoms with Gasteiger partial charge in [0, 0.05) is 22.6 Å². The normalized spacial score (nSPS) is 26.9. The van der Waals surface area contributed by atoms with Crippen molar-refractivity contribution in [2.24, 2.45) is 0 Å². The maximum atomic E-state index is 14.3. The number of fused-ring (bicyclic) bond motifs is 1. The minimum atomic E-state index is -4.24. The summed E-state index contributed by atoms with van der Waals surface area (Å²) in [5, 5.41) is 28.0. The molecule has 47 heavy (non-hydrogen) atoms. The van der Waals surface area contributed by atoms with E-state index in [0.717, 1.165) is 51.4 Å². The number of aromatic nitrogens is 4. The summed E-state index contributed by atoms with van der Waals surface area (Å²) in [4.78, 5) is 38.5. The van der Waals surface area contributed by atoms with Gasteiger partial charge in [0.2, 0.25) is 11.8 Å². The van der Waals surface area contributed by atoms with Crippen LogP contribution in [0.4, 0.5) is 5.95 Å². The fourth-order valence-electron chi connectivity index (χ4n) is 6.09. The lowest BCUT2D eigenvalue weighted by molar-refractivity contribution is -0.150. The number of imidazole rings is 1. The highest BCUT2D eigenvalue weighted by Gasteiger charge is 2.55. The molecule has 3 fully saturated rings. The summed E-state index contributed by atoms with van der Waals surface area (Å²) in [7, 11) is -2.84. The molecule has 6 atom stereocenters. The molecule has 3 heterocycles. The number of aliphatic hydroxyl groups is 2. The number of carbonyl (C=O) groups is 2. The first kappa shape index (κ1) is 36.1. The number of nitrogen functional groups attached to an aromatic ring is 1. The highest BCUT2D eigenvalue weighted by molar-refractivity contribution is 14.1. The van der Waals surface area contributed by atoms with E-state index in [-0.39, 0.29) is 35.2 Å². The first-order valence-corrected chi connectivity index (χ1v) is 18.4.